The van der Waals surface area contributed by atoms with Crippen LogP contribution >= 0.6 is 0 Å². The predicted molar refractivity (Wildman–Crippen MR) is 67.1 cm³/mol. The van der Waals surface area contributed by atoms with E-state index in [9.17, 15) is 4.79 Å². The van der Waals surface area contributed by atoms with Crippen molar-refractivity contribution in [2.75, 3.05) is 0 Å². The average Bonchev–Trinajstić information content (AvgIpc) is 2.79. The van der Waals surface area contributed by atoms with Gasteiger partial charge in [-0.15, -0.1) is 0 Å². The van der Waals surface area contributed by atoms with Crippen LogP contribution in [0.5, 0.6) is 0 Å². The Kier molecular flexibility index (Phi) is 3.98. The average molecular weight is 244 g/mol. The molecule has 0 aliphatic carbocycles. The Labute approximate surface area is 99.6 Å². The van der Waals surface area contributed by atoms with Crippen molar-refractivity contribution in [3.63, 3.8) is 0 Å². The molecule has 1 aliphatic rings. The highest BCUT2D eigenvalue weighted by Crippen LogP contribution is 2.38. The van der Waals surface area contributed by atoms with Crippen LogP contribution in [0.15, 0.2) is 0 Å². The van der Waals surface area contributed by atoms with E-state index in [0.717, 1.165) is 12.7 Å². The van der Waals surface area contributed by atoms with E-state index in [1.54, 1.807) is 0 Å². The summed E-state index contributed by atoms with van der Waals surface area (Å²) in [7, 11) is -1.68. The smallest absolute Gasteiger partial charge is 0.192 e. The van der Waals surface area contributed by atoms with Crippen LogP contribution in [0.25, 0.3) is 0 Å². The third kappa shape index (κ3) is 3.40. The molecular weight excluding hydrogens is 220 g/mol. The standard InChI is InChI=1S/C12H24O3Si/c1-9(7-10-11(8-13)14-10)15-16(5,6)12(2,3)4/h8-11H,7H2,1-6H3/t9-,10+,11+/m0/s1. The lowest BCUT2D eigenvalue weighted by Gasteiger charge is -2.38. The van der Waals surface area contributed by atoms with Crippen LogP contribution in [0.4, 0.5) is 0 Å². The first kappa shape index (κ1) is 13.9. The maximum absolute atomic E-state index is 10.4. The van der Waals surface area contributed by atoms with Crippen LogP contribution in [0.3, 0.4) is 0 Å². The van der Waals surface area contributed by atoms with Crippen LogP contribution in [0.1, 0.15) is 34.1 Å². The van der Waals surface area contributed by atoms with E-state index in [0.29, 0.717) is 0 Å². The molecule has 3 atom stereocenters. The lowest BCUT2D eigenvalue weighted by atomic mass is 10.2. The first-order valence-corrected chi connectivity index (χ1v) is 8.87. The van der Waals surface area contributed by atoms with Gasteiger partial charge in [-0.05, 0) is 25.1 Å². The van der Waals surface area contributed by atoms with E-state index in [1.807, 2.05) is 0 Å². The van der Waals surface area contributed by atoms with Gasteiger partial charge in [-0.1, -0.05) is 20.8 Å². The van der Waals surface area contributed by atoms with Crippen molar-refractivity contribution in [3.05, 3.63) is 0 Å². The van der Waals surface area contributed by atoms with Crippen molar-refractivity contribution in [2.24, 2.45) is 0 Å². The Balaban J connectivity index is 2.39. The fourth-order valence-electron chi connectivity index (χ4n) is 1.52. The first-order valence-electron chi connectivity index (χ1n) is 5.96. The molecule has 1 saturated heterocycles. The number of hydrogen-bond donors (Lipinski definition) is 0. The van der Waals surface area contributed by atoms with E-state index in [2.05, 4.69) is 40.8 Å². The number of hydrogen-bond acceptors (Lipinski definition) is 3. The maximum atomic E-state index is 10.4. The molecule has 16 heavy (non-hydrogen) atoms. The second kappa shape index (κ2) is 4.59. The van der Waals surface area contributed by atoms with Crippen LogP contribution in [-0.2, 0) is 14.0 Å². The van der Waals surface area contributed by atoms with E-state index in [1.165, 1.54) is 0 Å². The molecule has 1 fully saturated rings. The Morgan fingerprint density at radius 2 is 2.00 bits per heavy atom. The highest BCUT2D eigenvalue weighted by molar-refractivity contribution is 6.74. The molecule has 0 aromatic heterocycles. The number of carbonyl (C=O) groups is 1. The minimum Gasteiger partial charge on any atom is -0.414 e. The Bertz CT molecular complexity index is 257. The van der Waals surface area contributed by atoms with Crippen LogP contribution in [0, 0.1) is 0 Å². The van der Waals surface area contributed by atoms with E-state index in [4.69, 9.17) is 9.16 Å². The fourth-order valence-corrected chi connectivity index (χ4v) is 2.98. The van der Waals surface area contributed by atoms with Gasteiger partial charge in [0, 0.05) is 12.5 Å². The molecule has 0 bridgehead atoms. The molecule has 0 saturated carbocycles. The molecule has 0 unspecified atom stereocenters. The third-order valence-corrected chi connectivity index (χ3v) is 8.23. The monoisotopic (exact) mass is 244 g/mol. The minimum absolute atomic E-state index is 0.0947. The quantitative estimate of drug-likeness (QED) is 0.424. The largest absolute Gasteiger partial charge is 0.414 e. The first-order chi connectivity index (χ1) is 7.17. The molecule has 94 valence electrons. The lowest BCUT2D eigenvalue weighted by molar-refractivity contribution is -0.108. The summed E-state index contributed by atoms with van der Waals surface area (Å²) < 4.78 is 11.4. The Morgan fingerprint density at radius 3 is 2.38 bits per heavy atom. The van der Waals surface area contributed by atoms with Gasteiger partial charge in [0.15, 0.2) is 14.6 Å². The zero-order valence-electron chi connectivity index (χ0n) is 11.2. The summed E-state index contributed by atoms with van der Waals surface area (Å²) in [5.41, 5.74) is 0. The second-order valence-corrected chi connectivity index (χ2v) is 11.0. The van der Waals surface area contributed by atoms with Gasteiger partial charge in [0.05, 0.1) is 6.10 Å². The van der Waals surface area contributed by atoms with Gasteiger partial charge < -0.3 is 14.0 Å². The molecule has 0 aromatic carbocycles. The molecular formula is C12H24O3Si. The summed E-state index contributed by atoms with van der Waals surface area (Å²) in [4.78, 5) is 10.4. The summed E-state index contributed by atoms with van der Waals surface area (Å²) in [6, 6.07) is 0. The molecule has 1 aliphatic heterocycles. The van der Waals surface area contributed by atoms with Gasteiger partial charge >= 0.3 is 0 Å². The Hall–Kier alpha value is -0.193. The number of ether oxygens (including phenoxy) is 1. The lowest BCUT2D eigenvalue weighted by Crippen LogP contribution is -2.43. The maximum Gasteiger partial charge on any atom is 0.192 e. The highest BCUT2D eigenvalue weighted by Gasteiger charge is 2.42. The van der Waals surface area contributed by atoms with Gasteiger partial charge in [0.1, 0.15) is 6.10 Å². The molecule has 4 heteroatoms. The third-order valence-electron chi connectivity index (χ3n) is 3.62. The number of epoxide rings is 1. The molecule has 0 aromatic rings. The van der Waals surface area contributed by atoms with E-state index in [-0.39, 0.29) is 23.4 Å². The molecule has 0 spiro atoms. The SMILES string of the molecule is C[C@@H](C[C@H]1O[C@@H]1C=O)O[Si](C)(C)C(C)(C)C. The molecule has 0 amide bonds. The fraction of sp³-hybridized carbons (Fsp3) is 0.917. The van der Waals surface area contributed by atoms with Gasteiger partial charge in [-0.25, -0.2) is 0 Å². The van der Waals surface area contributed by atoms with Crippen molar-refractivity contribution in [2.45, 2.75) is 70.6 Å². The number of rotatable bonds is 5. The van der Waals surface area contributed by atoms with E-state index < -0.39 is 8.32 Å². The molecule has 1 heterocycles. The van der Waals surface area contributed by atoms with Crippen molar-refractivity contribution in [1.29, 1.82) is 0 Å². The second-order valence-electron chi connectivity index (χ2n) is 6.20. The van der Waals surface area contributed by atoms with Gasteiger partial charge in [0.2, 0.25) is 0 Å². The van der Waals surface area contributed by atoms with Gasteiger partial charge in [0.25, 0.3) is 0 Å². The zero-order valence-corrected chi connectivity index (χ0v) is 12.2. The minimum atomic E-state index is -1.68. The molecule has 0 N–H and O–H groups in total. The summed E-state index contributed by atoms with van der Waals surface area (Å²) in [6.07, 6.45) is 1.80. The van der Waals surface area contributed by atoms with Crippen LogP contribution in [-0.4, -0.2) is 32.9 Å². The van der Waals surface area contributed by atoms with Crippen molar-refractivity contribution < 1.29 is 14.0 Å². The number of aldehydes is 1. The molecule has 1 rings (SSSR count). The summed E-state index contributed by atoms with van der Waals surface area (Å²) in [6.45, 7) is 13.3. The van der Waals surface area contributed by atoms with E-state index >= 15 is 0 Å². The normalized spacial score (nSPS) is 27.6. The predicted octanol–water partition coefficient (Wildman–Crippen LogP) is 2.75. The molecule has 3 nitrogen and oxygen atoms in total. The van der Waals surface area contributed by atoms with Crippen LogP contribution < -0.4 is 0 Å². The van der Waals surface area contributed by atoms with Gasteiger partial charge in [-0.2, -0.15) is 0 Å². The molecule has 0 radical (unpaired) electrons. The van der Waals surface area contributed by atoms with Crippen molar-refractivity contribution in [3.8, 4) is 0 Å². The van der Waals surface area contributed by atoms with Gasteiger partial charge in [-0.3, -0.25) is 0 Å². The topological polar surface area (TPSA) is 38.8 Å². The van der Waals surface area contributed by atoms with Crippen molar-refractivity contribution >= 4 is 14.6 Å². The number of carbonyl (C=O) groups excluding carboxylic acids is 1. The van der Waals surface area contributed by atoms with Crippen LogP contribution in [0.2, 0.25) is 18.1 Å². The highest BCUT2D eigenvalue weighted by atomic mass is 28.4. The summed E-state index contributed by atoms with van der Waals surface area (Å²) in [5.74, 6) is 0. The van der Waals surface area contributed by atoms with Crippen molar-refractivity contribution in [1.82, 2.24) is 0 Å². The summed E-state index contributed by atoms with van der Waals surface area (Å²) >= 11 is 0. The Morgan fingerprint density at radius 1 is 1.44 bits per heavy atom. The zero-order chi connectivity index (χ0) is 12.6. The summed E-state index contributed by atoms with van der Waals surface area (Å²) in [5, 5.41) is 0.232.